The molecule has 1 fully saturated rings. The lowest BCUT2D eigenvalue weighted by Crippen LogP contribution is -2.41. The van der Waals surface area contributed by atoms with E-state index in [-0.39, 0.29) is 26.0 Å². The van der Waals surface area contributed by atoms with E-state index >= 15 is 0 Å². The molecule has 0 radical (unpaired) electrons. The van der Waals surface area contributed by atoms with Crippen LogP contribution in [0.3, 0.4) is 0 Å². The number of piperidine rings is 1. The number of halogens is 4. The van der Waals surface area contributed by atoms with Gasteiger partial charge in [0.2, 0.25) is 0 Å². The molecule has 0 amide bonds. The Bertz CT molecular complexity index is 966. The molecule has 0 atom stereocenters. The number of fused-ring (bicyclic) bond motifs is 1. The van der Waals surface area contributed by atoms with E-state index in [4.69, 9.17) is 4.98 Å². The van der Waals surface area contributed by atoms with Crippen LogP contribution in [0.1, 0.15) is 71.8 Å². The Labute approximate surface area is 214 Å². The third-order valence-corrected chi connectivity index (χ3v) is 6.05. The number of alkyl halides is 4. The molecule has 0 saturated carbocycles. The van der Waals surface area contributed by atoms with E-state index in [0.29, 0.717) is 32.6 Å². The fraction of sp³-hybridized carbons (Fsp3) is 0.571. The lowest BCUT2D eigenvalue weighted by Gasteiger charge is -2.37. The van der Waals surface area contributed by atoms with Crippen LogP contribution >= 0.6 is 0 Å². The Morgan fingerprint density at radius 3 is 2.33 bits per heavy atom. The van der Waals surface area contributed by atoms with Crippen LogP contribution in [0.2, 0.25) is 0 Å². The second-order valence-corrected chi connectivity index (χ2v) is 9.11. The second-order valence-electron chi connectivity index (χ2n) is 9.11. The highest BCUT2D eigenvalue weighted by atomic mass is 19.3. The number of pyridine rings is 1. The molecule has 0 bridgehead atoms. The van der Waals surface area contributed by atoms with Gasteiger partial charge in [-0.25, -0.2) is 8.78 Å². The van der Waals surface area contributed by atoms with Crippen molar-refractivity contribution in [2.45, 2.75) is 79.7 Å². The standard InChI is InChI=1S/C25H32F4N4.C2H6.CH4/c1-6-30-23(24(5,26)27)13-18(4)15-32-10-7-19-21(16-32)31-20(17(2)3)14-22(19)33-11-8-25(28,29)9-12-33;1-2;/h6,13-14H,1-2,7-12,15-16H2,3-5H3;1-2H3;1H4/b18-13+,30-23?;;. The largest absolute Gasteiger partial charge is 0.371 e. The predicted octanol–water partition coefficient (Wildman–Crippen LogP) is 7.56. The first-order chi connectivity index (χ1) is 16.4. The van der Waals surface area contributed by atoms with Crippen molar-refractivity contribution in [2.75, 3.05) is 31.1 Å². The summed E-state index contributed by atoms with van der Waals surface area (Å²) < 4.78 is 55.0. The average Bonchev–Trinajstić information content (AvgIpc) is 2.78. The van der Waals surface area contributed by atoms with Crippen molar-refractivity contribution >= 4 is 17.0 Å². The minimum atomic E-state index is -3.05. The zero-order valence-corrected chi connectivity index (χ0v) is 21.6. The summed E-state index contributed by atoms with van der Waals surface area (Å²) in [4.78, 5) is 12.7. The van der Waals surface area contributed by atoms with Gasteiger partial charge in [0.25, 0.3) is 11.8 Å². The molecule has 0 unspecified atom stereocenters. The zero-order valence-electron chi connectivity index (χ0n) is 21.6. The Balaban J connectivity index is 0.00000211. The molecule has 0 aliphatic carbocycles. The van der Waals surface area contributed by atoms with Crippen LogP contribution in [-0.2, 0) is 13.0 Å². The van der Waals surface area contributed by atoms with Gasteiger partial charge in [-0.05, 0) is 43.5 Å². The maximum absolute atomic E-state index is 13.8. The van der Waals surface area contributed by atoms with Crippen molar-refractivity contribution < 1.29 is 17.6 Å². The highest BCUT2D eigenvalue weighted by molar-refractivity contribution is 6.01. The Hall–Kier alpha value is -2.48. The Morgan fingerprint density at radius 2 is 1.81 bits per heavy atom. The molecule has 1 saturated heterocycles. The van der Waals surface area contributed by atoms with Crippen LogP contribution in [-0.4, -0.2) is 53.6 Å². The van der Waals surface area contributed by atoms with E-state index in [9.17, 15) is 17.6 Å². The van der Waals surface area contributed by atoms with Crippen LogP contribution < -0.4 is 4.90 Å². The first-order valence-electron chi connectivity index (χ1n) is 12.2. The van der Waals surface area contributed by atoms with Crippen LogP contribution in [0.4, 0.5) is 23.2 Å². The van der Waals surface area contributed by atoms with Crippen LogP contribution in [0.25, 0.3) is 5.57 Å². The molecule has 0 spiro atoms. The minimum absolute atomic E-state index is 0. The number of hydrogen-bond acceptors (Lipinski definition) is 4. The third-order valence-electron chi connectivity index (χ3n) is 6.05. The molecule has 36 heavy (non-hydrogen) atoms. The molecule has 0 N–H and O–H groups in total. The summed E-state index contributed by atoms with van der Waals surface area (Å²) in [5, 5.41) is 0. The van der Waals surface area contributed by atoms with Crippen molar-refractivity contribution in [3.05, 3.63) is 54.0 Å². The van der Waals surface area contributed by atoms with E-state index in [2.05, 4.69) is 23.1 Å². The molecule has 0 aromatic carbocycles. The van der Waals surface area contributed by atoms with Gasteiger partial charge < -0.3 is 4.90 Å². The first-order valence-corrected chi connectivity index (χ1v) is 12.2. The lowest BCUT2D eigenvalue weighted by atomic mass is 9.97. The topological polar surface area (TPSA) is 31.7 Å². The summed E-state index contributed by atoms with van der Waals surface area (Å²) in [7, 11) is 0. The van der Waals surface area contributed by atoms with Gasteiger partial charge in [0.1, 0.15) is 5.71 Å². The fourth-order valence-electron chi connectivity index (χ4n) is 4.29. The number of anilines is 1. The predicted molar refractivity (Wildman–Crippen MR) is 144 cm³/mol. The van der Waals surface area contributed by atoms with Crippen molar-refractivity contribution in [3.8, 4) is 0 Å². The van der Waals surface area contributed by atoms with Gasteiger partial charge in [0.15, 0.2) is 0 Å². The number of aliphatic imine (C=N–C) groups is 1. The summed E-state index contributed by atoms with van der Waals surface area (Å²) in [6, 6.07) is 1.97. The molecule has 2 aliphatic rings. The Morgan fingerprint density at radius 1 is 1.19 bits per heavy atom. The van der Waals surface area contributed by atoms with E-state index in [1.54, 1.807) is 6.92 Å². The van der Waals surface area contributed by atoms with Gasteiger partial charge in [-0.1, -0.05) is 40.0 Å². The maximum Gasteiger partial charge on any atom is 0.286 e. The summed E-state index contributed by atoms with van der Waals surface area (Å²) in [5.74, 6) is -5.66. The Kier molecular flexibility index (Phi) is 11.5. The molecule has 1 aromatic heterocycles. The van der Waals surface area contributed by atoms with E-state index < -0.39 is 11.8 Å². The van der Waals surface area contributed by atoms with E-state index in [0.717, 1.165) is 53.5 Å². The summed E-state index contributed by atoms with van der Waals surface area (Å²) in [6.45, 7) is 18.3. The monoisotopic (exact) mass is 510 g/mol. The van der Waals surface area contributed by atoms with E-state index in [1.165, 1.54) is 6.08 Å². The van der Waals surface area contributed by atoms with Gasteiger partial charge in [-0.2, -0.15) is 8.78 Å². The summed E-state index contributed by atoms with van der Waals surface area (Å²) >= 11 is 0. The smallest absolute Gasteiger partial charge is 0.286 e. The quantitative estimate of drug-likeness (QED) is 0.280. The lowest BCUT2D eigenvalue weighted by molar-refractivity contribution is -0.0220. The maximum atomic E-state index is 13.8. The molecule has 8 heteroatoms. The highest BCUT2D eigenvalue weighted by Crippen LogP contribution is 2.35. The van der Waals surface area contributed by atoms with E-state index in [1.807, 2.05) is 31.7 Å². The van der Waals surface area contributed by atoms with Gasteiger partial charge in [0, 0.05) is 64.4 Å². The van der Waals surface area contributed by atoms with Crippen LogP contribution in [0.15, 0.2) is 42.1 Å². The number of nitrogens with zero attached hydrogens (tertiary/aromatic N) is 4. The zero-order chi connectivity index (χ0) is 26.4. The van der Waals surface area contributed by atoms with Gasteiger partial charge >= 0.3 is 0 Å². The molecular weight excluding hydrogens is 468 g/mol. The van der Waals surface area contributed by atoms with Gasteiger partial charge in [0.05, 0.1) is 11.4 Å². The molecule has 3 heterocycles. The fourth-order valence-corrected chi connectivity index (χ4v) is 4.29. The summed E-state index contributed by atoms with van der Waals surface area (Å²) in [6.07, 6.45) is 2.94. The molecule has 4 nitrogen and oxygen atoms in total. The molecule has 3 rings (SSSR count). The molecular formula is C28H42F4N4. The van der Waals surface area contributed by atoms with Crippen molar-refractivity contribution in [3.63, 3.8) is 0 Å². The van der Waals surface area contributed by atoms with Crippen LogP contribution in [0, 0.1) is 0 Å². The average molecular weight is 511 g/mol. The van der Waals surface area contributed by atoms with Crippen LogP contribution in [0.5, 0.6) is 0 Å². The van der Waals surface area contributed by atoms with Gasteiger partial charge in [-0.15, -0.1) is 0 Å². The summed E-state index contributed by atoms with van der Waals surface area (Å²) in [5.41, 5.74) is 4.94. The van der Waals surface area contributed by atoms with Crippen molar-refractivity contribution in [1.82, 2.24) is 9.88 Å². The number of aromatic nitrogens is 1. The molecule has 1 aromatic rings. The van der Waals surface area contributed by atoms with Crippen molar-refractivity contribution in [2.24, 2.45) is 4.99 Å². The molecule has 202 valence electrons. The number of allylic oxidation sites excluding steroid dienone is 2. The first kappa shape index (κ1) is 31.5. The normalized spacial score (nSPS) is 18.4. The van der Waals surface area contributed by atoms with Crippen molar-refractivity contribution in [1.29, 1.82) is 0 Å². The SMILES string of the molecule is C.C=CN=C(/C=C(\C)CN1CCc2c(N3CCC(F)(F)CC3)cc(C(=C)C)nc2C1)C(C)(F)F.CC. The molecule has 2 aliphatic heterocycles. The highest BCUT2D eigenvalue weighted by Gasteiger charge is 2.35. The number of hydrogen-bond donors (Lipinski definition) is 0. The number of rotatable bonds is 7. The third kappa shape index (κ3) is 8.29. The second kappa shape index (κ2) is 13.2. The minimum Gasteiger partial charge on any atom is -0.371 e. The van der Waals surface area contributed by atoms with Gasteiger partial charge in [-0.3, -0.25) is 14.9 Å².